The molecular formula is C12H14Cl2F3NO2. The zero-order valence-electron chi connectivity index (χ0n) is 10.5. The second-order valence-corrected chi connectivity index (χ2v) is 5.07. The van der Waals surface area contributed by atoms with Gasteiger partial charge in [-0.05, 0) is 32.1 Å². The van der Waals surface area contributed by atoms with E-state index in [0.29, 0.717) is 18.7 Å². The molecule has 0 spiro atoms. The zero-order valence-corrected chi connectivity index (χ0v) is 12.0. The van der Waals surface area contributed by atoms with Gasteiger partial charge in [-0.15, -0.1) is 0 Å². The smallest absolute Gasteiger partial charge is 0.390 e. The molecule has 2 unspecified atom stereocenters. The van der Waals surface area contributed by atoms with E-state index in [1.54, 1.807) is 7.05 Å². The maximum absolute atomic E-state index is 12.6. The van der Waals surface area contributed by atoms with Crippen LogP contribution in [0.5, 0.6) is 0 Å². The van der Waals surface area contributed by atoms with Gasteiger partial charge in [0.15, 0.2) is 0 Å². The molecule has 3 nitrogen and oxygen atoms in total. The zero-order chi connectivity index (χ0) is 15.5. The van der Waals surface area contributed by atoms with E-state index in [1.807, 2.05) is 0 Å². The third kappa shape index (κ3) is 4.23. The first-order valence-electron chi connectivity index (χ1n) is 5.75. The summed E-state index contributed by atoms with van der Waals surface area (Å²) in [6, 6.07) is 1.35. The Morgan fingerprint density at radius 3 is 2.10 bits per heavy atom. The van der Waals surface area contributed by atoms with Crippen molar-refractivity contribution in [1.29, 1.82) is 0 Å². The number of alkyl halides is 3. The molecule has 2 atom stereocenters. The number of nitrogens with one attached hydrogen (secondary N) is 1. The summed E-state index contributed by atoms with van der Waals surface area (Å²) in [6.07, 6.45) is -7.02. The fourth-order valence-corrected chi connectivity index (χ4v) is 2.38. The van der Waals surface area contributed by atoms with Crippen molar-refractivity contribution in [2.45, 2.75) is 24.8 Å². The number of hydrogen-bond acceptors (Lipinski definition) is 3. The summed E-state index contributed by atoms with van der Waals surface area (Å²) < 4.78 is 37.7. The van der Waals surface area contributed by atoms with Gasteiger partial charge in [0, 0.05) is 15.6 Å². The van der Waals surface area contributed by atoms with E-state index in [4.69, 9.17) is 23.2 Å². The van der Waals surface area contributed by atoms with Crippen LogP contribution in [0.4, 0.5) is 13.2 Å². The van der Waals surface area contributed by atoms with E-state index in [0.717, 1.165) is 0 Å². The summed E-state index contributed by atoms with van der Waals surface area (Å²) in [4.78, 5) is 0. The molecule has 0 aromatic heterocycles. The van der Waals surface area contributed by atoms with Crippen LogP contribution in [0, 0.1) is 0 Å². The normalized spacial score (nSPS) is 15.2. The van der Waals surface area contributed by atoms with Gasteiger partial charge in [0.1, 0.15) is 6.10 Å². The molecule has 114 valence electrons. The summed E-state index contributed by atoms with van der Waals surface area (Å²) >= 11 is 11.5. The molecule has 20 heavy (non-hydrogen) atoms. The van der Waals surface area contributed by atoms with Crippen molar-refractivity contribution >= 4 is 23.2 Å². The minimum absolute atomic E-state index is 0.107. The van der Waals surface area contributed by atoms with E-state index >= 15 is 0 Å². The van der Waals surface area contributed by atoms with Gasteiger partial charge in [0.25, 0.3) is 0 Å². The van der Waals surface area contributed by atoms with Crippen LogP contribution in [0.2, 0.25) is 10.0 Å². The number of aliphatic hydroxyl groups is 2. The maximum atomic E-state index is 12.6. The van der Waals surface area contributed by atoms with Crippen LogP contribution in [0.1, 0.15) is 23.7 Å². The van der Waals surface area contributed by atoms with Crippen LogP contribution in [0.3, 0.4) is 0 Å². The molecule has 0 saturated carbocycles. The predicted molar refractivity (Wildman–Crippen MR) is 71.0 cm³/mol. The van der Waals surface area contributed by atoms with E-state index in [9.17, 15) is 23.4 Å². The average Bonchev–Trinajstić information content (AvgIpc) is 2.33. The summed E-state index contributed by atoms with van der Waals surface area (Å²) in [5.41, 5.74) is -1.11. The summed E-state index contributed by atoms with van der Waals surface area (Å²) in [5, 5.41) is 21.8. The van der Waals surface area contributed by atoms with E-state index in [2.05, 4.69) is 5.32 Å². The molecule has 0 saturated heterocycles. The first-order valence-corrected chi connectivity index (χ1v) is 6.51. The van der Waals surface area contributed by atoms with Crippen LogP contribution >= 0.6 is 23.2 Å². The molecule has 1 aromatic carbocycles. The Balaban J connectivity index is 3.07. The first-order chi connectivity index (χ1) is 9.18. The third-order valence-electron chi connectivity index (χ3n) is 2.76. The molecule has 1 rings (SSSR count). The number of hydrogen-bond donors (Lipinski definition) is 3. The second kappa shape index (κ2) is 6.95. The minimum Gasteiger partial charge on any atom is -0.390 e. The SMILES string of the molecule is CNCCC(O)C(O)c1c(Cl)cc(C(F)(F)F)cc1Cl. The van der Waals surface area contributed by atoms with Crippen LogP contribution < -0.4 is 5.32 Å². The monoisotopic (exact) mass is 331 g/mol. The van der Waals surface area contributed by atoms with Gasteiger partial charge in [-0.2, -0.15) is 13.2 Å². The van der Waals surface area contributed by atoms with Crippen LogP contribution in [0.15, 0.2) is 12.1 Å². The Hall–Kier alpha value is -0.530. The molecule has 0 fully saturated rings. The van der Waals surface area contributed by atoms with Gasteiger partial charge in [-0.1, -0.05) is 23.2 Å². The molecule has 0 heterocycles. The number of rotatable bonds is 5. The van der Waals surface area contributed by atoms with Gasteiger partial charge in [0.2, 0.25) is 0 Å². The lowest BCUT2D eigenvalue weighted by Gasteiger charge is -2.21. The van der Waals surface area contributed by atoms with Crippen LogP contribution in [0.25, 0.3) is 0 Å². The van der Waals surface area contributed by atoms with Crippen LogP contribution in [-0.4, -0.2) is 29.9 Å². The van der Waals surface area contributed by atoms with Crippen LogP contribution in [-0.2, 0) is 6.18 Å². The Morgan fingerprint density at radius 1 is 1.20 bits per heavy atom. The van der Waals surface area contributed by atoms with Gasteiger partial charge >= 0.3 is 6.18 Å². The van der Waals surface area contributed by atoms with E-state index in [-0.39, 0.29) is 22.0 Å². The number of benzene rings is 1. The van der Waals surface area contributed by atoms with Crippen molar-refractivity contribution in [3.63, 3.8) is 0 Å². The molecule has 0 radical (unpaired) electrons. The molecular weight excluding hydrogens is 318 g/mol. The number of aliphatic hydroxyl groups excluding tert-OH is 2. The summed E-state index contributed by atoms with van der Waals surface area (Å²) in [6.45, 7) is 0.425. The fraction of sp³-hybridized carbons (Fsp3) is 0.500. The van der Waals surface area contributed by atoms with E-state index < -0.39 is 23.9 Å². The molecule has 0 aliphatic carbocycles. The standard InChI is InChI=1S/C12H14Cl2F3NO2/c1-18-3-2-9(19)11(20)10-7(13)4-6(5-8(10)14)12(15,16)17/h4-5,9,11,18-20H,2-3H2,1H3. The van der Waals surface area contributed by atoms with Crippen molar-refractivity contribution in [2.24, 2.45) is 0 Å². The third-order valence-corrected chi connectivity index (χ3v) is 3.38. The highest BCUT2D eigenvalue weighted by molar-refractivity contribution is 6.36. The Bertz CT molecular complexity index is 446. The molecule has 0 amide bonds. The molecule has 0 bridgehead atoms. The molecule has 0 aliphatic rings. The fourth-order valence-electron chi connectivity index (χ4n) is 1.67. The van der Waals surface area contributed by atoms with Gasteiger partial charge in [-0.25, -0.2) is 0 Å². The van der Waals surface area contributed by atoms with E-state index in [1.165, 1.54) is 0 Å². The molecule has 1 aromatic rings. The lowest BCUT2D eigenvalue weighted by molar-refractivity contribution is -0.137. The Labute approximate surface area is 124 Å². The molecule has 8 heteroatoms. The predicted octanol–water partition coefficient (Wildman–Crippen LogP) is 3.02. The molecule has 0 aliphatic heterocycles. The first kappa shape index (κ1) is 17.5. The average molecular weight is 332 g/mol. The van der Waals surface area contributed by atoms with Crippen molar-refractivity contribution in [1.82, 2.24) is 5.32 Å². The summed E-state index contributed by atoms with van der Waals surface area (Å²) in [5.74, 6) is 0. The lowest BCUT2D eigenvalue weighted by atomic mass is 10.00. The Morgan fingerprint density at radius 2 is 1.70 bits per heavy atom. The highest BCUT2D eigenvalue weighted by Gasteiger charge is 2.33. The highest BCUT2D eigenvalue weighted by Crippen LogP contribution is 2.39. The molecule has 3 N–H and O–H groups in total. The van der Waals surface area contributed by atoms with Crippen molar-refractivity contribution < 1.29 is 23.4 Å². The Kier molecular flexibility index (Phi) is 6.09. The van der Waals surface area contributed by atoms with Gasteiger partial charge < -0.3 is 15.5 Å². The maximum Gasteiger partial charge on any atom is 0.416 e. The highest BCUT2D eigenvalue weighted by atomic mass is 35.5. The number of halogens is 5. The lowest BCUT2D eigenvalue weighted by Crippen LogP contribution is -2.24. The quantitative estimate of drug-likeness (QED) is 0.777. The second-order valence-electron chi connectivity index (χ2n) is 4.26. The minimum atomic E-state index is -4.58. The summed E-state index contributed by atoms with van der Waals surface area (Å²) in [7, 11) is 1.66. The topological polar surface area (TPSA) is 52.5 Å². The van der Waals surface area contributed by atoms with Crippen molar-refractivity contribution in [2.75, 3.05) is 13.6 Å². The largest absolute Gasteiger partial charge is 0.416 e. The van der Waals surface area contributed by atoms with Crippen molar-refractivity contribution in [3.8, 4) is 0 Å². The van der Waals surface area contributed by atoms with Gasteiger partial charge in [0.05, 0.1) is 11.7 Å². The van der Waals surface area contributed by atoms with Gasteiger partial charge in [-0.3, -0.25) is 0 Å². The van der Waals surface area contributed by atoms with Crippen molar-refractivity contribution in [3.05, 3.63) is 33.3 Å².